The number of azide groups is 1. The number of urea groups is 1. The summed E-state index contributed by atoms with van der Waals surface area (Å²) >= 11 is 3.45. The number of hydrogen-bond donors (Lipinski definition) is 7. The topological polar surface area (TPSA) is 361 Å². The fraction of sp³-hybridized carbons (Fsp3) is 0.657. The van der Waals surface area contributed by atoms with Gasteiger partial charge < -0.3 is 66.4 Å². The number of hydrogen-bond acceptors (Lipinski definition) is 18. The molecular weight excluding hydrogens is 1320 g/mol. The number of allylic oxidation sites excluding steroid dienone is 6. The Bertz CT molecular complexity index is 3180. The number of aromatic nitrogens is 3. The van der Waals surface area contributed by atoms with E-state index < -0.39 is 90.1 Å². The van der Waals surface area contributed by atoms with Gasteiger partial charge in [0.2, 0.25) is 41.4 Å². The van der Waals surface area contributed by atoms with E-state index in [1.54, 1.807) is 90.2 Å². The number of carbonyl (C=O) groups excluding carboxylic acids is 8. The van der Waals surface area contributed by atoms with Gasteiger partial charge in [0.25, 0.3) is 0 Å². The summed E-state index contributed by atoms with van der Waals surface area (Å²) in [5.41, 5.74) is 17.7. The highest BCUT2D eigenvalue weighted by Gasteiger charge is 2.44. The molecule has 0 unspecified atom stereocenters. The number of amides is 9. The molecule has 30 heteroatoms. The summed E-state index contributed by atoms with van der Waals surface area (Å²) in [6.07, 6.45) is 13.4. The van der Waals surface area contributed by atoms with Crippen LogP contribution in [0.2, 0.25) is 0 Å². The number of methoxy groups -OCH3 is 2. The number of nitrogens with one attached hydrogen (secondary N) is 6. The predicted octanol–water partition coefficient (Wildman–Crippen LogP) is 6.77. The molecule has 1 aromatic heterocycles. The van der Waals surface area contributed by atoms with Crippen molar-refractivity contribution in [3.63, 3.8) is 0 Å². The number of primary amides is 1. The molecule has 554 valence electrons. The zero-order chi connectivity index (χ0) is 73.6. The van der Waals surface area contributed by atoms with Gasteiger partial charge in [-0.1, -0.05) is 104 Å². The van der Waals surface area contributed by atoms with Crippen molar-refractivity contribution in [3.8, 4) is 0 Å². The third kappa shape index (κ3) is 26.3. The third-order valence-corrected chi connectivity index (χ3v) is 20.1. The maximum Gasteiger partial charge on any atom is 0.312 e. The summed E-state index contributed by atoms with van der Waals surface area (Å²) in [7, 11) is 8.40. The van der Waals surface area contributed by atoms with Crippen molar-refractivity contribution in [2.45, 2.75) is 186 Å². The molecule has 100 heavy (non-hydrogen) atoms. The lowest BCUT2D eigenvalue weighted by Gasteiger charge is -2.41. The van der Waals surface area contributed by atoms with Crippen LogP contribution in [0.5, 0.6) is 0 Å². The fourth-order valence-corrected chi connectivity index (χ4v) is 14.5. The van der Waals surface area contributed by atoms with Crippen LogP contribution in [0.15, 0.2) is 75.6 Å². The minimum absolute atomic E-state index is 0.00391. The molecule has 1 saturated heterocycles. The monoisotopic (exact) mass is 1430 g/mol. The molecule has 9 amide bonds. The van der Waals surface area contributed by atoms with E-state index in [1.165, 1.54) is 14.2 Å². The minimum Gasteiger partial charge on any atom is -0.379 e. The Balaban J connectivity index is 1.14. The highest BCUT2D eigenvalue weighted by molar-refractivity contribution is 8.03. The van der Waals surface area contributed by atoms with Crippen LogP contribution in [0, 0.1) is 29.6 Å². The number of carbonyl (C=O) groups is 8. The van der Waals surface area contributed by atoms with Gasteiger partial charge in [0.15, 0.2) is 0 Å². The average molecular weight is 1430 g/mol. The smallest absolute Gasteiger partial charge is 0.312 e. The highest BCUT2D eigenvalue weighted by Crippen LogP contribution is 2.34. The number of ether oxygens (including phenoxy) is 4. The molecule has 5 rings (SSSR count). The van der Waals surface area contributed by atoms with Crippen LogP contribution in [0.25, 0.3) is 10.4 Å². The molecule has 0 spiro atoms. The van der Waals surface area contributed by atoms with Crippen LogP contribution < -0.4 is 37.6 Å². The lowest BCUT2D eigenvalue weighted by molar-refractivity contribution is -0.148. The van der Waals surface area contributed by atoms with Crippen molar-refractivity contribution in [1.82, 2.24) is 56.3 Å². The van der Waals surface area contributed by atoms with Crippen molar-refractivity contribution >= 4 is 76.6 Å². The standard InChI is InChI=1S/C70H110N16O12S2/c1-15-46(8)63(84(12)69(93)61(44(4)5)79-68(92)62(45(6)7)83(10)11)57(95-13)39-59(88)85-31-20-24-56(85)64(96-14)47(9)65(89)76-50(40-74-82-72)37-48-25-27-49(28-26-48)75-66(90)53(23-19-30-73-70(71)94)77-67(91)60(43(2)3)78-58(87)29-33-97-35-36-98-34-32-86-80-54-41-99-51-21-17-16-18-22-52(38-51)100-42-55(54)81-86/h16-18,21-22,25-28,38,43-47,50,53,56-57,60-64H,15,19-20,23-24,29-37,39-42H2,1-14H3,(H,75,90)(H,76,89)(H,77,91)(H,78,87)(H,79,92)(H3,71,73,94)/b17-16-,18-16?,21-17?,22-18+,51-21-,51-38?,52-22?,52-38+/t46-,47+,50-,53-,56-,57+,60-,61-,62-,63-,64+/m0/s1. The second kappa shape index (κ2) is 42.8. The molecule has 3 aliphatic rings. The zero-order valence-electron chi connectivity index (χ0n) is 60.9. The van der Waals surface area contributed by atoms with Crippen molar-refractivity contribution in [2.75, 3.05) is 86.7 Å². The SMILES string of the molecule is CC[C@H](C)[C@@H]([C@@H](CC(=O)N1CCC[C@H]1[C@H](OC)[C@@H](C)C(=O)N[C@H](CN=[N+]=[N-])Cc1ccc(NC(=O)[C@H](CCCNC(N)=O)NC(=O)[C@@H](NC(=O)CCOCCOCCn2nc3c(n2)CSC2=C/C(=C/C=C\C=C\2)SC3)C(C)C)cc1)OC)N(C)C(=O)[C@@H](NC(=O)[C@H](C(C)C)N(C)C)C(C)C. The summed E-state index contributed by atoms with van der Waals surface area (Å²) in [4.78, 5) is 122. The van der Waals surface area contributed by atoms with E-state index in [0.717, 1.165) is 26.8 Å². The summed E-state index contributed by atoms with van der Waals surface area (Å²) in [5, 5.41) is 30.3. The van der Waals surface area contributed by atoms with E-state index in [2.05, 4.69) is 60.2 Å². The molecule has 2 aliphatic heterocycles. The second-order valence-corrected chi connectivity index (χ2v) is 29.0. The molecule has 0 saturated carbocycles. The number of thioether (sulfide) groups is 2. The van der Waals surface area contributed by atoms with E-state index in [0.29, 0.717) is 56.2 Å². The number of rotatable bonds is 41. The van der Waals surface area contributed by atoms with Gasteiger partial charge in [-0.15, -0.1) is 23.5 Å². The first kappa shape index (κ1) is 83.4. The lowest BCUT2D eigenvalue weighted by Crippen LogP contribution is -2.59. The number of anilines is 1. The number of likely N-dealkylation sites (tertiary alicyclic amines) is 1. The summed E-state index contributed by atoms with van der Waals surface area (Å²) < 4.78 is 23.6. The molecule has 1 aromatic carbocycles. The Morgan fingerprint density at radius 2 is 1.45 bits per heavy atom. The van der Waals surface area contributed by atoms with Crippen LogP contribution in [0.1, 0.15) is 124 Å². The van der Waals surface area contributed by atoms with E-state index in [-0.39, 0.29) is 106 Å². The summed E-state index contributed by atoms with van der Waals surface area (Å²) in [6.45, 7) is 18.9. The predicted molar refractivity (Wildman–Crippen MR) is 389 cm³/mol. The van der Waals surface area contributed by atoms with Gasteiger partial charge in [-0.3, -0.25) is 38.5 Å². The average Bonchev–Trinajstić information content (AvgIpc) is 1.45. The normalized spacial score (nSPS) is 19.2. The van der Waals surface area contributed by atoms with E-state index in [9.17, 15) is 43.9 Å². The second-order valence-electron chi connectivity index (χ2n) is 26.9. The summed E-state index contributed by atoms with van der Waals surface area (Å²) in [6, 6.07) is 0.978. The first-order valence-corrected chi connectivity index (χ1v) is 36.7. The number of nitrogens with two attached hydrogens (primary N) is 1. The molecule has 8 N–H and O–H groups in total. The maximum atomic E-state index is 14.6. The van der Waals surface area contributed by atoms with Gasteiger partial charge >= 0.3 is 6.03 Å². The Hall–Kier alpha value is -7.31. The molecule has 2 bridgehead atoms. The molecule has 1 aliphatic carbocycles. The quantitative estimate of drug-likeness (QED) is 0.0156. The Morgan fingerprint density at radius 1 is 0.780 bits per heavy atom. The van der Waals surface area contributed by atoms with Crippen molar-refractivity contribution in [2.24, 2.45) is 40.4 Å². The van der Waals surface area contributed by atoms with Gasteiger partial charge in [-0.25, -0.2) is 4.79 Å². The van der Waals surface area contributed by atoms with Crippen LogP contribution in [0.4, 0.5) is 10.5 Å². The molecule has 28 nitrogen and oxygen atoms in total. The molecule has 3 heterocycles. The van der Waals surface area contributed by atoms with Crippen LogP contribution >= 0.6 is 23.5 Å². The van der Waals surface area contributed by atoms with E-state index in [4.69, 9.17) is 34.9 Å². The van der Waals surface area contributed by atoms with Crippen LogP contribution in [-0.2, 0) is 77.0 Å². The van der Waals surface area contributed by atoms with Gasteiger partial charge in [0.1, 0.15) is 18.1 Å². The molecule has 2 aromatic rings. The molecule has 1 fully saturated rings. The third-order valence-electron chi connectivity index (χ3n) is 18.1. The summed E-state index contributed by atoms with van der Waals surface area (Å²) in [5.74, 6) is -2.78. The van der Waals surface area contributed by atoms with Gasteiger partial charge in [0.05, 0.1) is 87.0 Å². The number of nitrogens with zero attached hydrogens (tertiary/aromatic N) is 9. The Morgan fingerprint density at radius 3 is 2.06 bits per heavy atom. The van der Waals surface area contributed by atoms with Gasteiger partial charge in [-0.2, -0.15) is 15.0 Å². The lowest BCUT2D eigenvalue weighted by atomic mass is 9.89. The zero-order valence-corrected chi connectivity index (χ0v) is 62.5. The van der Waals surface area contributed by atoms with Crippen molar-refractivity contribution < 1.29 is 57.3 Å². The van der Waals surface area contributed by atoms with Crippen molar-refractivity contribution in [3.05, 3.63) is 97.9 Å². The van der Waals surface area contributed by atoms with Crippen molar-refractivity contribution in [1.29, 1.82) is 0 Å². The number of likely N-dealkylation sites (N-methyl/N-ethyl adjacent to an activating group) is 2. The fourth-order valence-electron chi connectivity index (χ4n) is 12.6. The molecule has 11 atom stereocenters. The molecular formula is C70H110N16O12S2. The molecule has 0 radical (unpaired) electrons. The minimum atomic E-state index is -1.10. The first-order valence-electron chi connectivity index (χ1n) is 34.7. The Kier molecular flexibility index (Phi) is 35.7. The number of benzene rings is 1. The van der Waals surface area contributed by atoms with Crippen LogP contribution in [-0.4, -0.2) is 213 Å². The van der Waals surface area contributed by atoms with Gasteiger partial charge in [-0.05, 0) is 111 Å². The Labute approximate surface area is 598 Å². The maximum absolute atomic E-state index is 14.6. The van der Waals surface area contributed by atoms with E-state index in [1.807, 2.05) is 78.8 Å². The van der Waals surface area contributed by atoms with Gasteiger partial charge in [0, 0.05) is 85.3 Å². The largest absolute Gasteiger partial charge is 0.379 e. The highest BCUT2D eigenvalue weighted by atomic mass is 32.2. The number of fused-ring (bicyclic) bond motifs is 2. The van der Waals surface area contributed by atoms with E-state index >= 15 is 0 Å². The van der Waals surface area contributed by atoms with Crippen LogP contribution in [0.3, 0.4) is 0 Å². The first-order chi connectivity index (χ1) is 47.7.